The standard InChI is InChI=1S/C30H41N5O7/c1-18(2)15-22(29(41)34-26(19(3)4)30(42)35-13-9-10-14-35)32-27(39)23(16-21-11-7-6-8-12-21)33-28(40)24(17-25(37)38)31-20(5)36/h6-14,18-19,22-24,26H,15-17H2,1-5H3,(H,31,36)(H,32,39)(H,33,40)(H,34,41)(H,37,38)/t22-,23-,24-,26-/m0/s1. The second-order valence-electron chi connectivity index (χ2n) is 11.0. The topological polar surface area (TPSA) is 176 Å². The van der Waals surface area contributed by atoms with Crippen molar-refractivity contribution >= 4 is 35.5 Å². The lowest BCUT2D eigenvalue weighted by molar-refractivity contribution is -0.141. The van der Waals surface area contributed by atoms with Crippen LogP contribution in [0.15, 0.2) is 54.9 Å². The lowest BCUT2D eigenvalue weighted by Crippen LogP contribution is -2.59. The summed E-state index contributed by atoms with van der Waals surface area (Å²) < 4.78 is 1.38. The van der Waals surface area contributed by atoms with Crippen molar-refractivity contribution in [2.75, 3.05) is 0 Å². The van der Waals surface area contributed by atoms with Gasteiger partial charge in [-0.25, -0.2) is 0 Å². The van der Waals surface area contributed by atoms with Crippen LogP contribution < -0.4 is 21.3 Å². The molecule has 12 nitrogen and oxygen atoms in total. The van der Waals surface area contributed by atoms with Crippen LogP contribution in [-0.2, 0) is 30.4 Å². The van der Waals surface area contributed by atoms with Crippen molar-refractivity contribution < 1.29 is 33.9 Å². The number of carboxylic acid groups (broad SMARTS) is 1. The molecule has 0 unspecified atom stereocenters. The van der Waals surface area contributed by atoms with Gasteiger partial charge in [0.15, 0.2) is 0 Å². The molecule has 228 valence electrons. The van der Waals surface area contributed by atoms with E-state index >= 15 is 0 Å². The van der Waals surface area contributed by atoms with E-state index < -0.39 is 60.2 Å². The Hall–Kier alpha value is -4.48. The van der Waals surface area contributed by atoms with Gasteiger partial charge in [0, 0.05) is 25.7 Å². The highest BCUT2D eigenvalue weighted by atomic mass is 16.4. The number of aliphatic carboxylic acids is 1. The number of rotatable bonds is 15. The number of carbonyl (C=O) groups excluding carboxylic acids is 5. The minimum Gasteiger partial charge on any atom is -0.481 e. The number of nitrogens with zero attached hydrogens (tertiary/aromatic N) is 1. The number of amides is 4. The molecule has 2 aromatic rings. The average Bonchev–Trinajstić information content (AvgIpc) is 3.45. The summed E-state index contributed by atoms with van der Waals surface area (Å²) in [6, 6.07) is 7.74. The Morgan fingerprint density at radius 2 is 1.29 bits per heavy atom. The zero-order valence-corrected chi connectivity index (χ0v) is 24.6. The zero-order valence-electron chi connectivity index (χ0n) is 24.6. The molecule has 2 rings (SSSR count). The summed E-state index contributed by atoms with van der Waals surface area (Å²) >= 11 is 0. The van der Waals surface area contributed by atoms with Crippen molar-refractivity contribution in [3.8, 4) is 0 Å². The molecule has 0 fully saturated rings. The van der Waals surface area contributed by atoms with Crippen LogP contribution in [0.5, 0.6) is 0 Å². The molecule has 42 heavy (non-hydrogen) atoms. The van der Waals surface area contributed by atoms with Gasteiger partial charge in [-0.2, -0.15) is 0 Å². The van der Waals surface area contributed by atoms with Gasteiger partial charge in [-0.15, -0.1) is 0 Å². The van der Waals surface area contributed by atoms with E-state index in [1.807, 2.05) is 13.8 Å². The highest BCUT2D eigenvalue weighted by molar-refractivity contribution is 5.96. The van der Waals surface area contributed by atoms with E-state index in [9.17, 15) is 33.9 Å². The first-order valence-corrected chi connectivity index (χ1v) is 13.9. The summed E-state index contributed by atoms with van der Waals surface area (Å²) in [5, 5.41) is 19.6. The van der Waals surface area contributed by atoms with Gasteiger partial charge in [-0.05, 0) is 36.0 Å². The molecule has 0 radical (unpaired) electrons. The summed E-state index contributed by atoms with van der Waals surface area (Å²) in [4.78, 5) is 76.1. The van der Waals surface area contributed by atoms with E-state index in [2.05, 4.69) is 21.3 Å². The van der Waals surface area contributed by atoms with Crippen LogP contribution in [0, 0.1) is 11.8 Å². The fourth-order valence-corrected chi connectivity index (χ4v) is 4.35. The molecule has 0 aliphatic rings. The third-order valence-electron chi connectivity index (χ3n) is 6.42. The highest BCUT2D eigenvalue weighted by Crippen LogP contribution is 2.11. The lowest BCUT2D eigenvalue weighted by Gasteiger charge is -2.28. The van der Waals surface area contributed by atoms with Crippen molar-refractivity contribution in [2.24, 2.45) is 11.8 Å². The molecule has 0 aliphatic carbocycles. The average molecular weight is 584 g/mol. The van der Waals surface area contributed by atoms with Crippen LogP contribution in [0.2, 0.25) is 0 Å². The predicted molar refractivity (Wildman–Crippen MR) is 155 cm³/mol. The summed E-state index contributed by atoms with van der Waals surface area (Å²) in [7, 11) is 0. The maximum Gasteiger partial charge on any atom is 0.305 e. The smallest absolute Gasteiger partial charge is 0.305 e. The Morgan fingerprint density at radius 3 is 1.81 bits per heavy atom. The molecule has 0 saturated carbocycles. The van der Waals surface area contributed by atoms with Crippen LogP contribution in [0.25, 0.3) is 0 Å². The first-order chi connectivity index (χ1) is 19.8. The van der Waals surface area contributed by atoms with Crippen molar-refractivity contribution in [2.45, 2.75) is 78.0 Å². The predicted octanol–water partition coefficient (Wildman–Crippen LogP) is 1.51. The van der Waals surface area contributed by atoms with E-state index in [0.717, 1.165) is 6.92 Å². The second-order valence-corrected chi connectivity index (χ2v) is 11.0. The Labute approximate surface area is 245 Å². The maximum atomic E-state index is 13.6. The first kappa shape index (κ1) is 33.7. The van der Waals surface area contributed by atoms with E-state index in [1.165, 1.54) is 4.57 Å². The van der Waals surface area contributed by atoms with E-state index in [1.54, 1.807) is 68.7 Å². The third-order valence-corrected chi connectivity index (χ3v) is 6.42. The molecule has 0 saturated heterocycles. The summed E-state index contributed by atoms with van der Waals surface area (Å²) in [6.07, 6.45) is 2.78. The molecular formula is C30H41N5O7. The van der Waals surface area contributed by atoms with Gasteiger partial charge in [0.1, 0.15) is 24.2 Å². The molecule has 5 N–H and O–H groups in total. The van der Waals surface area contributed by atoms with Gasteiger partial charge in [0.2, 0.25) is 23.6 Å². The number of carboxylic acids is 1. The highest BCUT2D eigenvalue weighted by Gasteiger charge is 2.33. The minimum absolute atomic E-state index is 0.0134. The minimum atomic E-state index is -1.41. The Bertz CT molecular complexity index is 1210. The Morgan fingerprint density at radius 1 is 0.738 bits per heavy atom. The summed E-state index contributed by atoms with van der Waals surface area (Å²) in [5.74, 6) is -4.59. The van der Waals surface area contributed by atoms with Crippen LogP contribution >= 0.6 is 0 Å². The van der Waals surface area contributed by atoms with Gasteiger partial charge in [0.05, 0.1) is 6.42 Å². The third kappa shape index (κ3) is 10.8. The number of hydrogen-bond donors (Lipinski definition) is 5. The van der Waals surface area contributed by atoms with Crippen molar-refractivity contribution in [3.63, 3.8) is 0 Å². The second kappa shape index (κ2) is 16.1. The van der Waals surface area contributed by atoms with Crippen LogP contribution in [-0.4, -0.2) is 69.3 Å². The number of aromatic nitrogens is 1. The fraction of sp³-hybridized carbons (Fsp3) is 0.467. The Kier molecular flexibility index (Phi) is 12.9. The van der Waals surface area contributed by atoms with Gasteiger partial charge >= 0.3 is 5.97 Å². The first-order valence-electron chi connectivity index (χ1n) is 13.9. The summed E-state index contributed by atoms with van der Waals surface area (Å²) in [5.41, 5.74) is 0.703. The van der Waals surface area contributed by atoms with Crippen LogP contribution in [0.1, 0.15) is 57.8 Å². The van der Waals surface area contributed by atoms with Crippen LogP contribution in [0.3, 0.4) is 0 Å². The summed E-state index contributed by atoms with van der Waals surface area (Å²) in [6.45, 7) is 8.51. The van der Waals surface area contributed by atoms with E-state index in [4.69, 9.17) is 0 Å². The maximum absolute atomic E-state index is 13.6. The van der Waals surface area contributed by atoms with Gasteiger partial charge < -0.3 is 26.4 Å². The number of nitrogens with one attached hydrogen (secondary N) is 4. The molecule has 4 atom stereocenters. The van der Waals surface area contributed by atoms with Crippen LogP contribution in [0.4, 0.5) is 0 Å². The molecular weight excluding hydrogens is 542 g/mol. The molecule has 1 aromatic carbocycles. The molecule has 0 bridgehead atoms. The lowest BCUT2D eigenvalue weighted by atomic mass is 9.99. The Balaban J connectivity index is 2.30. The van der Waals surface area contributed by atoms with E-state index in [-0.39, 0.29) is 30.6 Å². The van der Waals surface area contributed by atoms with Gasteiger partial charge in [0.25, 0.3) is 5.91 Å². The zero-order chi connectivity index (χ0) is 31.4. The number of hydrogen-bond acceptors (Lipinski definition) is 6. The molecule has 4 amide bonds. The SMILES string of the molecule is CC(=O)N[C@@H](CC(=O)O)C(=O)N[C@@H](Cc1ccccc1)C(=O)N[C@@H](CC(C)C)C(=O)N[C@H](C(=O)n1cccc1)C(C)C. The van der Waals surface area contributed by atoms with E-state index in [0.29, 0.717) is 5.56 Å². The molecule has 1 heterocycles. The molecule has 0 spiro atoms. The van der Waals surface area contributed by atoms with Crippen molar-refractivity contribution in [1.82, 2.24) is 25.8 Å². The molecule has 12 heteroatoms. The fourth-order valence-electron chi connectivity index (χ4n) is 4.35. The van der Waals surface area contributed by atoms with Crippen molar-refractivity contribution in [3.05, 3.63) is 60.4 Å². The van der Waals surface area contributed by atoms with Crippen molar-refractivity contribution in [1.29, 1.82) is 0 Å². The molecule has 0 aliphatic heterocycles. The normalized spacial score (nSPS) is 13.9. The molecule has 1 aromatic heterocycles. The number of carbonyl (C=O) groups is 6. The monoisotopic (exact) mass is 583 g/mol. The number of benzene rings is 1. The largest absolute Gasteiger partial charge is 0.481 e. The quantitative estimate of drug-likeness (QED) is 0.211. The van der Waals surface area contributed by atoms with Gasteiger partial charge in [-0.3, -0.25) is 33.3 Å². The van der Waals surface area contributed by atoms with Gasteiger partial charge in [-0.1, -0.05) is 58.0 Å².